The highest BCUT2D eigenvalue weighted by atomic mass is 35.5. The van der Waals surface area contributed by atoms with Crippen molar-refractivity contribution in [3.8, 4) is 0 Å². The SMILES string of the molecule is CCNC(Cc1ccc(Cl)s1)C1CCC(C)(C)CC1. The fourth-order valence-electron chi connectivity index (χ4n) is 3.17. The number of halogens is 1. The van der Waals surface area contributed by atoms with Crippen LogP contribution in [0, 0.1) is 11.3 Å². The van der Waals surface area contributed by atoms with Gasteiger partial charge in [-0.15, -0.1) is 11.3 Å². The summed E-state index contributed by atoms with van der Waals surface area (Å²) in [6.07, 6.45) is 6.60. The second-order valence-corrected chi connectivity index (χ2v) is 8.38. The Hall–Kier alpha value is -0.0500. The van der Waals surface area contributed by atoms with Gasteiger partial charge in [0.15, 0.2) is 0 Å². The van der Waals surface area contributed by atoms with Gasteiger partial charge < -0.3 is 5.32 Å². The Bertz CT molecular complexity index is 389. The van der Waals surface area contributed by atoms with Gasteiger partial charge in [0.2, 0.25) is 0 Å². The van der Waals surface area contributed by atoms with Gasteiger partial charge in [-0.1, -0.05) is 32.4 Å². The minimum atomic E-state index is 0.555. The van der Waals surface area contributed by atoms with Crippen molar-refractivity contribution in [1.29, 1.82) is 0 Å². The first-order valence-corrected chi connectivity index (χ1v) is 8.67. The Labute approximate surface area is 126 Å². The summed E-state index contributed by atoms with van der Waals surface area (Å²) in [5, 5.41) is 3.70. The second-order valence-electron chi connectivity index (χ2n) is 6.58. The molecule has 1 unspecified atom stereocenters. The summed E-state index contributed by atoms with van der Waals surface area (Å²) in [5.74, 6) is 0.828. The maximum atomic E-state index is 6.04. The van der Waals surface area contributed by atoms with Crippen molar-refractivity contribution in [3.63, 3.8) is 0 Å². The van der Waals surface area contributed by atoms with E-state index >= 15 is 0 Å². The molecule has 0 bridgehead atoms. The van der Waals surface area contributed by atoms with Crippen molar-refractivity contribution in [2.45, 2.75) is 58.9 Å². The summed E-state index contributed by atoms with van der Waals surface area (Å²) in [7, 11) is 0. The van der Waals surface area contributed by atoms with E-state index in [4.69, 9.17) is 11.6 Å². The molecule has 0 amide bonds. The lowest BCUT2D eigenvalue weighted by Crippen LogP contribution is -2.40. The standard InChI is InChI=1S/C16H26ClNS/c1-4-18-14(11-13-5-6-15(17)19-13)12-7-9-16(2,3)10-8-12/h5-6,12,14,18H,4,7-11H2,1-3H3. The summed E-state index contributed by atoms with van der Waals surface area (Å²) in [6.45, 7) is 8.08. The molecule has 19 heavy (non-hydrogen) atoms. The van der Waals surface area contributed by atoms with Gasteiger partial charge in [-0.25, -0.2) is 0 Å². The van der Waals surface area contributed by atoms with E-state index in [1.165, 1.54) is 30.6 Å². The lowest BCUT2D eigenvalue weighted by molar-refractivity contribution is 0.161. The molecule has 0 aliphatic heterocycles. The Kier molecular flexibility index (Phi) is 5.33. The first kappa shape index (κ1) is 15.3. The Morgan fingerprint density at radius 3 is 2.58 bits per heavy atom. The fourth-order valence-corrected chi connectivity index (χ4v) is 4.32. The van der Waals surface area contributed by atoms with Gasteiger partial charge in [-0.05, 0) is 62.1 Å². The fraction of sp³-hybridized carbons (Fsp3) is 0.750. The van der Waals surface area contributed by atoms with Gasteiger partial charge in [0.25, 0.3) is 0 Å². The normalized spacial score (nSPS) is 21.5. The van der Waals surface area contributed by atoms with Gasteiger partial charge in [0.1, 0.15) is 0 Å². The lowest BCUT2D eigenvalue weighted by atomic mass is 9.70. The van der Waals surface area contributed by atoms with Gasteiger partial charge in [0.05, 0.1) is 4.34 Å². The van der Waals surface area contributed by atoms with Crippen molar-refractivity contribution >= 4 is 22.9 Å². The monoisotopic (exact) mass is 299 g/mol. The molecule has 2 rings (SSSR count). The molecule has 0 saturated heterocycles. The molecule has 1 saturated carbocycles. The highest BCUT2D eigenvalue weighted by Gasteiger charge is 2.31. The first-order chi connectivity index (χ1) is 9.00. The maximum absolute atomic E-state index is 6.04. The third kappa shape index (κ3) is 4.47. The first-order valence-electron chi connectivity index (χ1n) is 7.48. The molecule has 1 aromatic rings. The zero-order valence-electron chi connectivity index (χ0n) is 12.3. The van der Waals surface area contributed by atoms with E-state index in [1.807, 2.05) is 6.07 Å². The number of nitrogens with one attached hydrogen (secondary N) is 1. The molecule has 1 nitrogen and oxygen atoms in total. The quantitative estimate of drug-likeness (QED) is 0.794. The van der Waals surface area contributed by atoms with Crippen LogP contribution in [0.2, 0.25) is 4.34 Å². The summed E-state index contributed by atoms with van der Waals surface area (Å²) >= 11 is 7.77. The molecule has 0 radical (unpaired) electrons. The van der Waals surface area contributed by atoms with E-state index in [0.717, 1.165) is 23.2 Å². The molecule has 108 valence electrons. The van der Waals surface area contributed by atoms with Crippen LogP contribution in [0.25, 0.3) is 0 Å². The highest BCUT2D eigenvalue weighted by molar-refractivity contribution is 7.16. The van der Waals surface area contributed by atoms with Gasteiger partial charge >= 0.3 is 0 Å². The van der Waals surface area contributed by atoms with E-state index in [2.05, 4.69) is 32.2 Å². The molecular weight excluding hydrogens is 274 g/mol. The average Bonchev–Trinajstić information content (AvgIpc) is 2.74. The molecular formula is C16H26ClNS. The van der Waals surface area contributed by atoms with Crippen LogP contribution >= 0.6 is 22.9 Å². The van der Waals surface area contributed by atoms with E-state index in [1.54, 1.807) is 11.3 Å². The molecule has 1 aromatic heterocycles. The predicted molar refractivity (Wildman–Crippen MR) is 86.2 cm³/mol. The van der Waals surface area contributed by atoms with Crippen LogP contribution < -0.4 is 5.32 Å². The van der Waals surface area contributed by atoms with Gasteiger partial charge in [-0.3, -0.25) is 0 Å². The van der Waals surface area contributed by atoms with Gasteiger partial charge in [-0.2, -0.15) is 0 Å². The number of thiophene rings is 1. The van der Waals surface area contributed by atoms with Crippen LogP contribution in [0.5, 0.6) is 0 Å². The molecule has 1 aliphatic rings. The molecule has 0 spiro atoms. The largest absolute Gasteiger partial charge is 0.314 e. The summed E-state index contributed by atoms with van der Waals surface area (Å²) in [4.78, 5) is 1.42. The van der Waals surface area contributed by atoms with Crippen molar-refractivity contribution in [2.24, 2.45) is 11.3 Å². The predicted octanol–water partition coefficient (Wildman–Crippen LogP) is 5.14. The number of rotatable bonds is 5. The molecule has 1 N–H and O–H groups in total. The molecule has 0 aromatic carbocycles. The van der Waals surface area contributed by atoms with E-state index in [0.29, 0.717) is 11.5 Å². The smallest absolute Gasteiger partial charge is 0.0931 e. The van der Waals surface area contributed by atoms with Crippen molar-refractivity contribution in [3.05, 3.63) is 21.3 Å². The number of hydrogen-bond donors (Lipinski definition) is 1. The molecule has 1 heterocycles. The maximum Gasteiger partial charge on any atom is 0.0931 e. The minimum Gasteiger partial charge on any atom is -0.314 e. The molecule has 1 fully saturated rings. The van der Waals surface area contributed by atoms with Crippen molar-refractivity contribution < 1.29 is 0 Å². The Morgan fingerprint density at radius 2 is 2.05 bits per heavy atom. The molecule has 3 heteroatoms. The van der Waals surface area contributed by atoms with Crippen molar-refractivity contribution in [2.75, 3.05) is 6.54 Å². The summed E-state index contributed by atoms with van der Waals surface area (Å²) in [6, 6.07) is 4.83. The van der Waals surface area contributed by atoms with Crippen LogP contribution in [0.3, 0.4) is 0 Å². The zero-order chi connectivity index (χ0) is 13.9. The van der Waals surface area contributed by atoms with Gasteiger partial charge in [0, 0.05) is 10.9 Å². The van der Waals surface area contributed by atoms with E-state index in [9.17, 15) is 0 Å². The molecule has 1 atom stereocenters. The minimum absolute atomic E-state index is 0.555. The van der Waals surface area contributed by atoms with Crippen LogP contribution in [0.4, 0.5) is 0 Å². The Morgan fingerprint density at radius 1 is 1.37 bits per heavy atom. The zero-order valence-corrected chi connectivity index (χ0v) is 13.9. The highest BCUT2D eigenvalue weighted by Crippen LogP contribution is 2.40. The lowest BCUT2D eigenvalue weighted by Gasteiger charge is -2.38. The summed E-state index contributed by atoms with van der Waals surface area (Å²) in [5.41, 5.74) is 0.555. The second kappa shape index (κ2) is 6.60. The molecule has 1 aliphatic carbocycles. The topological polar surface area (TPSA) is 12.0 Å². The number of hydrogen-bond acceptors (Lipinski definition) is 2. The summed E-state index contributed by atoms with van der Waals surface area (Å²) < 4.78 is 0.912. The third-order valence-corrected chi connectivity index (χ3v) is 5.72. The van der Waals surface area contributed by atoms with Crippen LogP contribution in [-0.4, -0.2) is 12.6 Å². The Balaban J connectivity index is 1.96. The van der Waals surface area contributed by atoms with Crippen molar-refractivity contribution in [1.82, 2.24) is 5.32 Å². The van der Waals surface area contributed by atoms with Crippen LogP contribution in [0.15, 0.2) is 12.1 Å². The van der Waals surface area contributed by atoms with E-state index < -0.39 is 0 Å². The third-order valence-electron chi connectivity index (χ3n) is 4.47. The number of likely N-dealkylation sites (N-methyl/N-ethyl adjacent to an activating group) is 1. The van der Waals surface area contributed by atoms with Crippen LogP contribution in [-0.2, 0) is 6.42 Å². The van der Waals surface area contributed by atoms with E-state index in [-0.39, 0.29) is 0 Å². The van der Waals surface area contributed by atoms with Crippen LogP contribution in [0.1, 0.15) is 51.3 Å². The average molecular weight is 300 g/mol.